The van der Waals surface area contributed by atoms with Gasteiger partial charge in [0.2, 0.25) is 5.91 Å². The molecule has 146 valence electrons. The largest absolute Gasteiger partial charge is 0.456 e. The van der Waals surface area contributed by atoms with Crippen molar-refractivity contribution in [2.45, 2.75) is 39.0 Å². The molecular formula is C21H28N2O4. The molecule has 2 saturated carbocycles. The Morgan fingerprint density at radius 1 is 1.15 bits per heavy atom. The van der Waals surface area contributed by atoms with Gasteiger partial charge in [-0.05, 0) is 56.1 Å². The fraction of sp³-hybridized carbons (Fsp3) is 0.571. The Balaban J connectivity index is 1.36. The lowest BCUT2D eigenvalue weighted by Crippen LogP contribution is -2.37. The molecule has 2 aliphatic rings. The molecule has 6 heteroatoms. The summed E-state index contributed by atoms with van der Waals surface area (Å²) in [6.45, 7) is 1.57. The van der Waals surface area contributed by atoms with Crippen molar-refractivity contribution in [2.24, 2.45) is 17.8 Å². The number of fused-ring (bicyclic) bond motifs is 2. The van der Waals surface area contributed by atoms with E-state index in [2.05, 4.69) is 5.32 Å². The van der Waals surface area contributed by atoms with Crippen LogP contribution in [0.15, 0.2) is 24.3 Å². The van der Waals surface area contributed by atoms with E-state index in [0.29, 0.717) is 23.9 Å². The molecule has 0 aromatic heterocycles. The number of nitrogens with one attached hydrogen (secondary N) is 1. The maximum atomic E-state index is 12.1. The van der Waals surface area contributed by atoms with Gasteiger partial charge in [-0.1, -0.05) is 24.1 Å². The predicted molar refractivity (Wildman–Crippen MR) is 102 cm³/mol. The van der Waals surface area contributed by atoms with E-state index in [0.717, 1.165) is 17.9 Å². The highest BCUT2D eigenvalue weighted by molar-refractivity contribution is 5.94. The van der Waals surface area contributed by atoms with Crippen LogP contribution in [0.1, 0.15) is 37.7 Å². The van der Waals surface area contributed by atoms with E-state index >= 15 is 0 Å². The molecule has 0 radical (unpaired) electrons. The van der Waals surface area contributed by atoms with E-state index < -0.39 is 0 Å². The minimum atomic E-state index is -0.379. The van der Waals surface area contributed by atoms with Crippen molar-refractivity contribution in [3.63, 3.8) is 0 Å². The van der Waals surface area contributed by atoms with Crippen LogP contribution in [0.4, 0.5) is 5.69 Å². The van der Waals surface area contributed by atoms with Gasteiger partial charge in [0.15, 0.2) is 6.61 Å². The molecule has 0 aliphatic heterocycles. The second-order valence-corrected chi connectivity index (χ2v) is 7.96. The van der Waals surface area contributed by atoms with Gasteiger partial charge in [-0.15, -0.1) is 0 Å². The van der Waals surface area contributed by atoms with Crippen LogP contribution in [0.25, 0.3) is 0 Å². The molecule has 2 amide bonds. The Morgan fingerprint density at radius 3 is 2.52 bits per heavy atom. The molecular weight excluding hydrogens is 344 g/mol. The number of hydrogen-bond donors (Lipinski definition) is 1. The Morgan fingerprint density at radius 2 is 1.89 bits per heavy atom. The number of carbonyl (C=O) groups is 3. The number of hydrogen-bond acceptors (Lipinski definition) is 4. The lowest BCUT2D eigenvalue weighted by atomic mass is 9.86. The zero-order valence-electron chi connectivity index (χ0n) is 16.1. The van der Waals surface area contributed by atoms with Crippen molar-refractivity contribution in [1.29, 1.82) is 0 Å². The number of esters is 1. The van der Waals surface area contributed by atoms with Crippen molar-refractivity contribution in [1.82, 2.24) is 4.90 Å². The first-order chi connectivity index (χ1) is 12.9. The summed E-state index contributed by atoms with van der Waals surface area (Å²) in [5.41, 5.74) is 1.79. The van der Waals surface area contributed by atoms with E-state index in [1.165, 1.54) is 31.2 Å². The highest BCUT2D eigenvalue weighted by Gasteiger charge is 2.40. The molecule has 3 rings (SSSR count). The van der Waals surface area contributed by atoms with Crippen molar-refractivity contribution >= 4 is 23.5 Å². The van der Waals surface area contributed by atoms with Crippen LogP contribution in [0.3, 0.4) is 0 Å². The van der Waals surface area contributed by atoms with E-state index in [-0.39, 0.29) is 30.9 Å². The number of ether oxygens (including phenoxy) is 1. The minimum Gasteiger partial charge on any atom is -0.456 e. The average Bonchev–Trinajstić information content (AvgIpc) is 3.24. The van der Waals surface area contributed by atoms with Gasteiger partial charge in [-0.2, -0.15) is 0 Å². The number of rotatable bonds is 7. The van der Waals surface area contributed by atoms with Crippen LogP contribution in [-0.2, 0) is 19.1 Å². The third kappa shape index (κ3) is 5.31. The highest BCUT2D eigenvalue weighted by Crippen LogP contribution is 2.49. The first-order valence-electron chi connectivity index (χ1n) is 9.67. The summed E-state index contributed by atoms with van der Waals surface area (Å²) >= 11 is 0. The van der Waals surface area contributed by atoms with E-state index in [9.17, 15) is 14.4 Å². The highest BCUT2D eigenvalue weighted by atomic mass is 16.5. The number of likely N-dealkylation sites (N-methyl/N-ethyl adjacent to an activating group) is 1. The second-order valence-electron chi connectivity index (χ2n) is 7.96. The molecule has 0 spiro atoms. The molecule has 2 aliphatic carbocycles. The third-order valence-corrected chi connectivity index (χ3v) is 5.81. The number of benzene rings is 1. The van der Waals surface area contributed by atoms with Gasteiger partial charge in [-0.25, -0.2) is 0 Å². The fourth-order valence-corrected chi connectivity index (χ4v) is 4.29. The quantitative estimate of drug-likeness (QED) is 0.747. The first-order valence-corrected chi connectivity index (χ1v) is 9.67. The monoisotopic (exact) mass is 372 g/mol. The van der Waals surface area contributed by atoms with Gasteiger partial charge in [0.05, 0.1) is 6.54 Å². The maximum absolute atomic E-state index is 12.1. The molecule has 2 fully saturated rings. The maximum Gasteiger partial charge on any atom is 0.306 e. The summed E-state index contributed by atoms with van der Waals surface area (Å²) in [6.07, 6.45) is 5.29. The van der Waals surface area contributed by atoms with Crippen molar-refractivity contribution in [3.8, 4) is 0 Å². The van der Waals surface area contributed by atoms with Crippen molar-refractivity contribution in [2.75, 3.05) is 25.5 Å². The summed E-state index contributed by atoms with van der Waals surface area (Å²) in [5, 5.41) is 2.74. The van der Waals surface area contributed by atoms with E-state index in [1.54, 1.807) is 0 Å². The van der Waals surface area contributed by atoms with Crippen LogP contribution in [0, 0.1) is 24.7 Å². The normalized spacial score (nSPS) is 23.1. The second kappa shape index (κ2) is 8.55. The lowest BCUT2D eigenvalue weighted by molar-refractivity contribution is -0.152. The van der Waals surface area contributed by atoms with Gasteiger partial charge in [0.25, 0.3) is 5.91 Å². The van der Waals surface area contributed by atoms with Crippen LogP contribution >= 0.6 is 0 Å². The molecule has 27 heavy (non-hydrogen) atoms. The number of anilines is 1. The Labute approximate surface area is 160 Å². The molecule has 1 N–H and O–H groups in total. The van der Waals surface area contributed by atoms with Gasteiger partial charge >= 0.3 is 5.97 Å². The van der Waals surface area contributed by atoms with Gasteiger partial charge in [0, 0.05) is 19.2 Å². The lowest BCUT2D eigenvalue weighted by Gasteiger charge is -2.21. The van der Waals surface area contributed by atoms with Crippen LogP contribution < -0.4 is 5.32 Å². The summed E-state index contributed by atoms with van der Waals surface area (Å²) in [5.74, 6) is 0.889. The summed E-state index contributed by atoms with van der Waals surface area (Å²) in [4.78, 5) is 37.4. The Kier molecular flexibility index (Phi) is 6.14. The average molecular weight is 372 g/mol. The molecule has 1 aromatic carbocycles. The predicted octanol–water partition coefficient (Wildman–Crippen LogP) is 2.76. The van der Waals surface area contributed by atoms with Crippen molar-refractivity contribution in [3.05, 3.63) is 29.8 Å². The number of aryl methyl sites for hydroxylation is 1. The molecule has 2 bridgehead atoms. The van der Waals surface area contributed by atoms with Crippen LogP contribution in [0.5, 0.6) is 0 Å². The number of nitrogens with zero attached hydrogens (tertiary/aromatic N) is 1. The van der Waals surface area contributed by atoms with Gasteiger partial charge < -0.3 is 15.0 Å². The summed E-state index contributed by atoms with van der Waals surface area (Å²) < 4.78 is 5.15. The summed E-state index contributed by atoms with van der Waals surface area (Å²) in [6, 6.07) is 7.43. The van der Waals surface area contributed by atoms with Crippen LogP contribution in [-0.4, -0.2) is 42.9 Å². The van der Waals surface area contributed by atoms with Gasteiger partial charge in [-0.3, -0.25) is 14.4 Å². The van der Waals surface area contributed by atoms with E-state index in [1.807, 2.05) is 31.2 Å². The minimum absolute atomic E-state index is 0.0867. The molecule has 1 aromatic rings. The molecule has 6 nitrogen and oxygen atoms in total. The van der Waals surface area contributed by atoms with Crippen LogP contribution in [0.2, 0.25) is 0 Å². The molecule has 3 atom stereocenters. The van der Waals surface area contributed by atoms with E-state index in [4.69, 9.17) is 4.74 Å². The summed E-state index contributed by atoms with van der Waals surface area (Å²) in [7, 11) is 1.53. The zero-order chi connectivity index (χ0) is 19.4. The molecule has 0 unspecified atom stereocenters. The standard InChI is InChI=1S/C21H28N2O4/c1-14-3-7-18(8-4-14)22-19(24)12-23(2)20(25)13-27-21(26)11-17-10-15-5-6-16(17)9-15/h3-4,7-8,15-17H,5-6,9-13H2,1-2H3,(H,22,24)/t15-,16+,17-/m0/s1. The Bertz CT molecular complexity index is 701. The fourth-order valence-electron chi connectivity index (χ4n) is 4.29. The topological polar surface area (TPSA) is 75.7 Å². The zero-order valence-corrected chi connectivity index (χ0v) is 16.1. The smallest absolute Gasteiger partial charge is 0.306 e. The third-order valence-electron chi connectivity index (χ3n) is 5.81. The Hall–Kier alpha value is -2.37. The first kappa shape index (κ1) is 19.4. The van der Waals surface area contributed by atoms with Gasteiger partial charge in [0.1, 0.15) is 0 Å². The van der Waals surface area contributed by atoms with Crippen molar-refractivity contribution < 1.29 is 19.1 Å². The number of amides is 2. The molecule has 0 heterocycles. The SMILES string of the molecule is Cc1ccc(NC(=O)CN(C)C(=O)COC(=O)C[C@@H]2C[C@H]3CC[C@@H]2C3)cc1. The molecule has 0 saturated heterocycles. The number of carbonyl (C=O) groups excluding carboxylic acids is 3.